The lowest BCUT2D eigenvalue weighted by Gasteiger charge is -2.20. The molecular formula is C14H22N2O. The van der Waals surface area contributed by atoms with Crippen LogP contribution in [-0.4, -0.2) is 25.0 Å². The van der Waals surface area contributed by atoms with Crippen molar-refractivity contribution in [1.82, 2.24) is 10.6 Å². The monoisotopic (exact) mass is 234 g/mol. The van der Waals surface area contributed by atoms with E-state index in [1.165, 1.54) is 5.56 Å². The average molecular weight is 234 g/mol. The van der Waals surface area contributed by atoms with E-state index < -0.39 is 0 Å². The van der Waals surface area contributed by atoms with Gasteiger partial charge in [0, 0.05) is 11.1 Å². The Bertz CT molecular complexity index is 363. The molecule has 3 heteroatoms. The van der Waals surface area contributed by atoms with E-state index in [-0.39, 0.29) is 11.4 Å². The predicted octanol–water partition coefficient (Wildman–Crippen LogP) is 1.98. The van der Waals surface area contributed by atoms with Crippen molar-refractivity contribution in [2.75, 3.05) is 13.6 Å². The van der Waals surface area contributed by atoms with Crippen molar-refractivity contribution in [2.24, 2.45) is 0 Å². The van der Waals surface area contributed by atoms with Gasteiger partial charge in [0.05, 0.1) is 0 Å². The van der Waals surface area contributed by atoms with Crippen molar-refractivity contribution in [3.8, 4) is 0 Å². The average Bonchev–Trinajstić information content (AvgIpc) is 2.24. The number of hydrogen-bond donors (Lipinski definition) is 2. The Labute approximate surface area is 104 Å². The molecule has 0 saturated heterocycles. The maximum Gasteiger partial charge on any atom is 0.251 e. The van der Waals surface area contributed by atoms with Gasteiger partial charge in [-0.15, -0.1) is 0 Å². The molecular weight excluding hydrogens is 212 g/mol. The minimum Gasteiger partial charge on any atom is -0.347 e. The molecule has 0 aliphatic rings. The van der Waals surface area contributed by atoms with Crippen LogP contribution in [0.25, 0.3) is 0 Å². The first-order valence-electron chi connectivity index (χ1n) is 5.98. The van der Waals surface area contributed by atoms with Crippen LogP contribution < -0.4 is 10.6 Å². The van der Waals surface area contributed by atoms with Crippen LogP contribution in [0.15, 0.2) is 24.3 Å². The first-order chi connectivity index (χ1) is 7.92. The minimum absolute atomic E-state index is 0.0160. The van der Waals surface area contributed by atoms with Gasteiger partial charge in [-0.2, -0.15) is 0 Å². The van der Waals surface area contributed by atoms with E-state index in [2.05, 4.69) is 10.6 Å². The van der Waals surface area contributed by atoms with E-state index in [1.54, 1.807) is 0 Å². The zero-order valence-electron chi connectivity index (χ0n) is 11.1. The van der Waals surface area contributed by atoms with Crippen molar-refractivity contribution >= 4 is 5.91 Å². The number of carbonyl (C=O) groups is 1. The zero-order valence-corrected chi connectivity index (χ0v) is 11.1. The molecule has 1 aromatic carbocycles. The van der Waals surface area contributed by atoms with Gasteiger partial charge in [-0.05, 0) is 58.5 Å². The second-order valence-corrected chi connectivity index (χ2v) is 5.25. The van der Waals surface area contributed by atoms with Crippen LogP contribution in [0, 0.1) is 0 Å². The van der Waals surface area contributed by atoms with Crippen LogP contribution in [0.3, 0.4) is 0 Å². The van der Waals surface area contributed by atoms with Gasteiger partial charge in [-0.25, -0.2) is 0 Å². The Hall–Kier alpha value is -1.35. The molecule has 0 aliphatic heterocycles. The first-order valence-corrected chi connectivity index (χ1v) is 5.98. The number of carbonyl (C=O) groups excluding carboxylic acids is 1. The van der Waals surface area contributed by atoms with Crippen molar-refractivity contribution in [3.63, 3.8) is 0 Å². The molecule has 1 aromatic rings. The van der Waals surface area contributed by atoms with E-state index in [4.69, 9.17) is 0 Å². The van der Waals surface area contributed by atoms with Gasteiger partial charge >= 0.3 is 0 Å². The molecule has 0 aliphatic carbocycles. The van der Waals surface area contributed by atoms with Crippen LogP contribution in [0.4, 0.5) is 0 Å². The molecule has 0 saturated carbocycles. The van der Waals surface area contributed by atoms with Gasteiger partial charge in [-0.3, -0.25) is 4.79 Å². The fourth-order valence-corrected chi connectivity index (χ4v) is 1.50. The molecule has 2 N–H and O–H groups in total. The Morgan fingerprint density at radius 1 is 1.18 bits per heavy atom. The Balaban J connectivity index is 2.64. The highest BCUT2D eigenvalue weighted by Crippen LogP contribution is 2.07. The Kier molecular flexibility index (Phi) is 4.70. The largest absolute Gasteiger partial charge is 0.347 e. The molecule has 0 aromatic heterocycles. The lowest BCUT2D eigenvalue weighted by molar-refractivity contribution is 0.0919. The summed E-state index contributed by atoms with van der Waals surface area (Å²) in [6.45, 7) is 6.89. The smallest absolute Gasteiger partial charge is 0.251 e. The third kappa shape index (κ3) is 5.00. The molecule has 0 atom stereocenters. The highest BCUT2D eigenvalue weighted by Gasteiger charge is 2.14. The molecule has 0 heterocycles. The van der Waals surface area contributed by atoms with Crippen molar-refractivity contribution in [3.05, 3.63) is 35.4 Å². The first kappa shape index (κ1) is 13.7. The molecule has 0 spiro atoms. The Morgan fingerprint density at radius 2 is 1.76 bits per heavy atom. The molecule has 1 rings (SSSR count). The van der Waals surface area contributed by atoms with Gasteiger partial charge in [0.15, 0.2) is 0 Å². The summed E-state index contributed by atoms with van der Waals surface area (Å²) in [5.74, 6) is -0.0160. The van der Waals surface area contributed by atoms with Crippen LogP contribution in [0.2, 0.25) is 0 Å². The van der Waals surface area contributed by atoms with Crippen LogP contribution >= 0.6 is 0 Å². The number of benzene rings is 1. The fourth-order valence-electron chi connectivity index (χ4n) is 1.50. The van der Waals surface area contributed by atoms with Crippen LogP contribution in [0.5, 0.6) is 0 Å². The van der Waals surface area contributed by atoms with Crippen molar-refractivity contribution in [1.29, 1.82) is 0 Å². The highest BCUT2D eigenvalue weighted by atomic mass is 16.1. The zero-order chi connectivity index (χ0) is 12.9. The molecule has 0 bridgehead atoms. The van der Waals surface area contributed by atoms with Crippen molar-refractivity contribution < 1.29 is 4.79 Å². The molecule has 17 heavy (non-hydrogen) atoms. The second kappa shape index (κ2) is 5.82. The third-order valence-corrected chi connectivity index (χ3v) is 2.37. The third-order valence-electron chi connectivity index (χ3n) is 2.37. The van der Waals surface area contributed by atoms with Gasteiger partial charge in [-0.1, -0.05) is 12.1 Å². The molecule has 0 radical (unpaired) electrons. The predicted molar refractivity (Wildman–Crippen MR) is 71.3 cm³/mol. The van der Waals surface area contributed by atoms with Gasteiger partial charge in [0.2, 0.25) is 0 Å². The number of amides is 1. The maximum absolute atomic E-state index is 11.9. The summed E-state index contributed by atoms with van der Waals surface area (Å²) in [6, 6.07) is 7.78. The van der Waals surface area contributed by atoms with E-state index in [0.29, 0.717) is 5.56 Å². The summed E-state index contributed by atoms with van der Waals surface area (Å²) in [4.78, 5) is 11.9. The highest BCUT2D eigenvalue weighted by molar-refractivity contribution is 5.94. The van der Waals surface area contributed by atoms with Crippen LogP contribution in [-0.2, 0) is 6.42 Å². The van der Waals surface area contributed by atoms with Crippen LogP contribution in [0.1, 0.15) is 36.7 Å². The Morgan fingerprint density at radius 3 is 2.24 bits per heavy atom. The molecule has 1 amide bonds. The van der Waals surface area contributed by atoms with Gasteiger partial charge in [0.1, 0.15) is 0 Å². The molecule has 3 nitrogen and oxygen atoms in total. The number of rotatable bonds is 4. The summed E-state index contributed by atoms with van der Waals surface area (Å²) < 4.78 is 0. The number of likely N-dealkylation sites (N-methyl/N-ethyl adjacent to an activating group) is 1. The minimum atomic E-state index is -0.193. The number of hydrogen-bond acceptors (Lipinski definition) is 2. The summed E-state index contributed by atoms with van der Waals surface area (Å²) in [5, 5.41) is 6.05. The molecule has 0 unspecified atom stereocenters. The summed E-state index contributed by atoms with van der Waals surface area (Å²) in [7, 11) is 1.94. The van der Waals surface area contributed by atoms with E-state index in [9.17, 15) is 4.79 Å². The molecule has 0 fully saturated rings. The lowest BCUT2D eigenvalue weighted by atomic mass is 10.1. The van der Waals surface area contributed by atoms with Crippen molar-refractivity contribution in [2.45, 2.75) is 32.7 Å². The second-order valence-electron chi connectivity index (χ2n) is 5.25. The molecule has 94 valence electrons. The topological polar surface area (TPSA) is 41.1 Å². The normalized spacial score (nSPS) is 11.3. The maximum atomic E-state index is 11.9. The number of nitrogens with one attached hydrogen (secondary N) is 2. The summed E-state index contributed by atoms with van der Waals surface area (Å²) in [5.41, 5.74) is 1.77. The lowest BCUT2D eigenvalue weighted by Crippen LogP contribution is -2.40. The van der Waals surface area contributed by atoms with Gasteiger partial charge < -0.3 is 10.6 Å². The quantitative estimate of drug-likeness (QED) is 0.836. The summed E-state index contributed by atoms with van der Waals surface area (Å²) >= 11 is 0. The van der Waals surface area contributed by atoms with E-state index in [0.717, 1.165) is 13.0 Å². The fraction of sp³-hybridized carbons (Fsp3) is 0.500. The SMILES string of the molecule is CNCCc1ccc(C(=O)NC(C)(C)C)cc1. The van der Waals surface area contributed by atoms with E-state index in [1.807, 2.05) is 52.1 Å². The van der Waals surface area contributed by atoms with E-state index >= 15 is 0 Å². The standard InChI is InChI=1S/C14H22N2O/c1-14(2,3)16-13(17)12-7-5-11(6-8-12)9-10-15-4/h5-8,15H,9-10H2,1-4H3,(H,16,17). The summed E-state index contributed by atoms with van der Waals surface area (Å²) in [6.07, 6.45) is 0.984. The van der Waals surface area contributed by atoms with Gasteiger partial charge in [0.25, 0.3) is 5.91 Å².